The van der Waals surface area contributed by atoms with Crippen molar-refractivity contribution in [3.63, 3.8) is 0 Å². The van der Waals surface area contributed by atoms with Crippen molar-refractivity contribution in [3.8, 4) is 0 Å². The number of aromatic nitrogens is 1. The van der Waals surface area contributed by atoms with Gasteiger partial charge in [0.1, 0.15) is 5.69 Å². The van der Waals surface area contributed by atoms with Gasteiger partial charge in [-0.25, -0.2) is 4.98 Å². The van der Waals surface area contributed by atoms with Gasteiger partial charge in [-0.05, 0) is 25.5 Å². The number of ether oxygens (including phenoxy) is 1. The van der Waals surface area contributed by atoms with E-state index in [0.29, 0.717) is 5.69 Å². The monoisotopic (exact) mass is 363 g/mol. The fourth-order valence-corrected chi connectivity index (χ4v) is 2.73. The largest absolute Gasteiger partial charge is 0.466 e. The van der Waals surface area contributed by atoms with Crippen LogP contribution in [0.1, 0.15) is 30.6 Å². The quantitative estimate of drug-likeness (QED) is 0.345. The van der Waals surface area contributed by atoms with Crippen LogP contribution in [0.3, 0.4) is 0 Å². The third-order valence-corrected chi connectivity index (χ3v) is 3.73. The fraction of sp³-hybridized carbons (Fsp3) is 0.294. The summed E-state index contributed by atoms with van der Waals surface area (Å²) in [4.78, 5) is 26.6. The van der Waals surface area contributed by atoms with Crippen LogP contribution in [-0.2, 0) is 9.53 Å². The molecule has 1 N–H and O–H groups in total. The molecule has 2 aromatic rings. The molecule has 0 bridgehead atoms. The van der Waals surface area contributed by atoms with Gasteiger partial charge >= 0.3 is 11.7 Å². The van der Waals surface area contributed by atoms with Gasteiger partial charge in [0.25, 0.3) is 0 Å². The van der Waals surface area contributed by atoms with Crippen LogP contribution in [0.4, 0.5) is 11.4 Å². The molecule has 2 rings (SSSR count). The summed E-state index contributed by atoms with van der Waals surface area (Å²) in [5.74, 6) is -0.400. The maximum Gasteiger partial charge on any atom is 0.329 e. The Morgan fingerprint density at radius 1 is 1.40 bits per heavy atom. The van der Waals surface area contributed by atoms with E-state index >= 15 is 0 Å². The Bertz CT molecular complexity index is 768. The number of benzene rings is 1. The van der Waals surface area contributed by atoms with E-state index in [1.807, 2.05) is 30.3 Å². The molecule has 0 aliphatic carbocycles. The lowest BCUT2D eigenvalue weighted by Gasteiger charge is -2.20. The third kappa shape index (κ3) is 4.90. The molecule has 1 aromatic heterocycles. The standard InChI is InChI=1S/C17H18ClN3O4/c1-3-25-15(22)10-13(12-7-5-4-6-8-12)20-14-9-11(2)19-17(18)16(14)21(23)24/h4-9,13H,3,10H2,1-2H3,(H,19,20)/t13-/m1/s1. The number of halogens is 1. The smallest absolute Gasteiger partial charge is 0.329 e. The molecular weight excluding hydrogens is 346 g/mol. The van der Waals surface area contributed by atoms with Crippen LogP contribution in [0.15, 0.2) is 36.4 Å². The number of carbonyl (C=O) groups is 1. The first-order chi connectivity index (χ1) is 11.9. The predicted molar refractivity (Wildman–Crippen MR) is 94.7 cm³/mol. The Labute approximate surface area is 150 Å². The molecule has 0 aliphatic rings. The lowest BCUT2D eigenvalue weighted by Crippen LogP contribution is -2.18. The average molecular weight is 364 g/mol. The molecule has 0 saturated carbocycles. The van der Waals surface area contributed by atoms with Gasteiger partial charge in [0.2, 0.25) is 5.15 Å². The molecule has 0 saturated heterocycles. The van der Waals surface area contributed by atoms with Crippen LogP contribution in [0, 0.1) is 17.0 Å². The molecule has 0 unspecified atom stereocenters. The van der Waals surface area contributed by atoms with E-state index in [-0.39, 0.29) is 29.6 Å². The molecule has 8 heteroatoms. The summed E-state index contributed by atoms with van der Waals surface area (Å²) < 4.78 is 5.01. The fourth-order valence-electron chi connectivity index (χ4n) is 2.42. The average Bonchev–Trinajstić information content (AvgIpc) is 2.54. The highest BCUT2D eigenvalue weighted by atomic mass is 35.5. The highest BCUT2D eigenvalue weighted by molar-refractivity contribution is 6.32. The SMILES string of the molecule is CCOC(=O)C[C@@H](Nc1cc(C)nc(Cl)c1[N+](=O)[O-])c1ccccc1. The van der Waals surface area contributed by atoms with Crippen molar-refractivity contribution in [2.75, 3.05) is 11.9 Å². The van der Waals surface area contributed by atoms with Gasteiger partial charge in [-0.3, -0.25) is 14.9 Å². The van der Waals surface area contributed by atoms with E-state index in [1.54, 1.807) is 13.8 Å². The number of anilines is 1. The molecule has 0 spiro atoms. The van der Waals surface area contributed by atoms with Gasteiger partial charge in [0, 0.05) is 5.69 Å². The first-order valence-electron chi connectivity index (χ1n) is 7.71. The molecule has 0 radical (unpaired) electrons. The Morgan fingerprint density at radius 2 is 2.08 bits per heavy atom. The number of nitro groups is 1. The van der Waals surface area contributed by atoms with E-state index in [1.165, 1.54) is 6.07 Å². The Hall–Kier alpha value is -2.67. The van der Waals surface area contributed by atoms with Crippen LogP contribution in [0.25, 0.3) is 0 Å². The van der Waals surface area contributed by atoms with Gasteiger partial charge in [0.05, 0.1) is 24.0 Å². The number of hydrogen-bond acceptors (Lipinski definition) is 6. The number of aryl methyl sites for hydroxylation is 1. The highest BCUT2D eigenvalue weighted by Gasteiger charge is 2.25. The minimum absolute atomic E-state index is 0.0218. The minimum atomic E-state index is -0.594. The summed E-state index contributed by atoms with van der Waals surface area (Å²) in [5.41, 5.74) is 1.22. The van der Waals surface area contributed by atoms with E-state index in [4.69, 9.17) is 16.3 Å². The Morgan fingerprint density at radius 3 is 2.68 bits per heavy atom. The second kappa shape index (κ2) is 8.43. The van der Waals surface area contributed by atoms with Gasteiger partial charge in [0.15, 0.2) is 0 Å². The molecule has 132 valence electrons. The zero-order chi connectivity index (χ0) is 18.4. The molecule has 0 amide bonds. The predicted octanol–water partition coefficient (Wildman–Crippen LogP) is 4.06. The number of nitrogens with zero attached hydrogens (tertiary/aromatic N) is 2. The van der Waals surface area contributed by atoms with Crippen LogP contribution >= 0.6 is 11.6 Å². The molecule has 0 fully saturated rings. The van der Waals surface area contributed by atoms with Gasteiger partial charge in [-0.1, -0.05) is 41.9 Å². The van der Waals surface area contributed by atoms with Crippen molar-refractivity contribution in [3.05, 3.63) is 62.9 Å². The number of carbonyl (C=O) groups excluding carboxylic acids is 1. The lowest BCUT2D eigenvalue weighted by atomic mass is 10.0. The number of hydrogen-bond donors (Lipinski definition) is 1. The van der Waals surface area contributed by atoms with Crippen molar-refractivity contribution in [2.24, 2.45) is 0 Å². The third-order valence-electron chi connectivity index (χ3n) is 3.47. The molecule has 0 aliphatic heterocycles. The second-order valence-corrected chi connectivity index (χ2v) is 5.68. The molecular formula is C17H18ClN3O4. The second-order valence-electron chi connectivity index (χ2n) is 5.32. The van der Waals surface area contributed by atoms with E-state index in [0.717, 1.165) is 5.56 Å². The van der Waals surface area contributed by atoms with Crippen LogP contribution < -0.4 is 5.32 Å². The van der Waals surface area contributed by atoms with Crippen molar-refractivity contribution in [1.82, 2.24) is 4.98 Å². The van der Waals surface area contributed by atoms with Crippen LogP contribution in [0.2, 0.25) is 5.15 Å². The zero-order valence-corrected chi connectivity index (χ0v) is 14.6. The number of rotatable bonds is 7. The van der Waals surface area contributed by atoms with Gasteiger partial charge < -0.3 is 10.1 Å². The summed E-state index contributed by atoms with van der Waals surface area (Å²) in [6.45, 7) is 3.67. The molecule has 1 aromatic carbocycles. The summed E-state index contributed by atoms with van der Waals surface area (Å²) >= 11 is 5.93. The molecule has 7 nitrogen and oxygen atoms in total. The Kier molecular flexibility index (Phi) is 6.30. The van der Waals surface area contributed by atoms with Crippen molar-refractivity contribution in [2.45, 2.75) is 26.3 Å². The highest BCUT2D eigenvalue weighted by Crippen LogP contribution is 2.35. The van der Waals surface area contributed by atoms with Crippen LogP contribution in [0.5, 0.6) is 0 Å². The summed E-state index contributed by atoms with van der Waals surface area (Å²) in [6.07, 6.45) is 0.0218. The topological polar surface area (TPSA) is 94.4 Å². The van der Waals surface area contributed by atoms with Crippen molar-refractivity contribution >= 4 is 28.9 Å². The minimum Gasteiger partial charge on any atom is -0.466 e. The van der Waals surface area contributed by atoms with E-state index in [2.05, 4.69) is 10.3 Å². The summed E-state index contributed by atoms with van der Waals surface area (Å²) in [6, 6.07) is 10.2. The number of nitrogens with one attached hydrogen (secondary N) is 1. The zero-order valence-electron chi connectivity index (χ0n) is 13.9. The first kappa shape index (κ1) is 18.7. The van der Waals surface area contributed by atoms with Gasteiger partial charge in [-0.2, -0.15) is 0 Å². The summed E-state index contributed by atoms with van der Waals surface area (Å²) in [7, 11) is 0. The maximum atomic E-state index is 11.9. The van der Waals surface area contributed by atoms with E-state index < -0.39 is 16.9 Å². The summed E-state index contributed by atoms with van der Waals surface area (Å²) in [5, 5.41) is 14.2. The first-order valence-corrected chi connectivity index (χ1v) is 8.08. The maximum absolute atomic E-state index is 11.9. The van der Waals surface area contributed by atoms with Crippen molar-refractivity contribution in [1.29, 1.82) is 0 Å². The normalized spacial score (nSPS) is 11.6. The van der Waals surface area contributed by atoms with Gasteiger partial charge in [-0.15, -0.1) is 0 Å². The number of pyridine rings is 1. The molecule has 1 heterocycles. The number of esters is 1. The Balaban J connectivity index is 2.40. The lowest BCUT2D eigenvalue weighted by molar-refractivity contribution is -0.384. The molecule has 1 atom stereocenters. The van der Waals surface area contributed by atoms with E-state index in [9.17, 15) is 14.9 Å². The van der Waals surface area contributed by atoms with Crippen molar-refractivity contribution < 1.29 is 14.5 Å². The van der Waals surface area contributed by atoms with Crippen LogP contribution in [-0.4, -0.2) is 22.5 Å². The molecule has 25 heavy (non-hydrogen) atoms.